The van der Waals surface area contributed by atoms with Crippen molar-refractivity contribution < 1.29 is 36.8 Å². The molecule has 0 aliphatic carbocycles. The van der Waals surface area contributed by atoms with Crippen LogP contribution in [0.2, 0.25) is 0 Å². The molecule has 0 amide bonds. The number of carbonyl (C=O) groups excluding carboxylic acids is 2. The molecule has 0 unspecified atom stereocenters. The van der Waals surface area contributed by atoms with Crippen LogP contribution in [-0.2, 0) is 50.1 Å². The first-order valence-electron chi connectivity index (χ1n) is 12.9. The maximum Gasteiger partial charge on any atom is 0.360 e. The summed E-state index contributed by atoms with van der Waals surface area (Å²) in [4.78, 5) is 22.9. The van der Waals surface area contributed by atoms with Crippen LogP contribution in [-0.4, -0.2) is 74.9 Å². The van der Waals surface area contributed by atoms with Gasteiger partial charge in [-0.05, 0) is 36.1 Å². The average molecular weight is 601 g/mol. The van der Waals surface area contributed by atoms with Gasteiger partial charge in [0.25, 0.3) is 10.1 Å². The van der Waals surface area contributed by atoms with Crippen molar-refractivity contribution >= 4 is 22.1 Å². The second kappa shape index (κ2) is 15.5. The predicted octanol–water partition coefficient (Wildman–Crippen LogP) is 1.97. The average Bonchev–Trinajstić information content (AvgIpc) is 3.63. The number of aliphatic hydroxyl groups is 1. The molecule has 4 rings (SSSR count). The Balaban J connectivity index is 0.000000235. The van der Waals surface area contributed by atoms with E-state index in [1.165, 1.54) is 10.9 Å². The number of aliphatic hydroxyl groups excluding tert-OH is 1. The highest BCUT2D eigenvalue weighted by molar-refractivity contribution is 7.85. The Labute approximate surface area is 243 Å². The predicted molar refractivity (Wildman–Crippen MR) is 149 cm³/mol. The number of carbonyl (C=O) groups is 2. The number of rotatable bonds is 12. The Morgan fingerprint density at radius 2 is 1.14 bits per heavy atom. The van der Waals surface area contributed by atoms with Crippen LogP contribution in [0.1, 0.15) is 57.1 Å². The van der Waals surface area contributed by atoms with E-state index in [0.717, 1.165) is 28.5 Å². The molecule has 0 bridgehead atoms. The summed E-state index contributed by atoms with van der Waals surface area (Å²) in [5.41, 5.74) is 3.89. The molecule has 15 heteroatoms. The van der Waals surface area contributed by atoms with Gasteiger partial charge < -0.3 is 14.6 Å². The lowest BCUT2D eigenvalue weighted by molar-refractivity contribution is 0.0510. The van der Waals surface area contributed by atoms with E-state index in [1.54, 1.807) is 36.9 Å². The van der Waals surface area contributed by atoms with E-state index >= 15 is 0 Å². The van der Waals surface area contributed by atoms with E-state index in [9.17, 15) is 18.0 Å². The lowest BCUT2D eigenvalue weighted by Crippen LogP contribution is -2.05. The quantitative estimate of drug-likeness (QED) is 0.185. The zero-order chi connectivity index (χ0) is 30.5. The second-order valence-electron chi connectivity index (χ2n) is 8.80. The van der Waals surface area contributed by atoms with Gasteiger partial charge in [-0.25, -0.2) is 19.0 Å². The third-order valence-corrected chi connectivity index (χ3v) is 5.95. The Morgan fingerprint density at radius 3 is 1.52 bits per heavy atom. The molecule has 42 heavy (non-hydrogen) atoms. The van der Waals surface area contributed by atoms with Crippen molar-refractivity contribution in [1.82, 2.24) is 30.0 Å². The van der Waals surface area contributed by atoms with E-state index in [2.05, 4.69) is 20.6 Å². The molecular formula is C27H32N6O8S. The molecule has 0 aliphatic rings. The van der Waals surface area contributed by atoms with E-state index in [-0.39, 0.29) is 31.2 Å². The summed E-state index contributed by atoms with van der Waals surface area (Å²) in [6, 6.07) is 14.7. The molecule has 0 spiro atoms. The highest BCUT2D eigenvalue weighted by Crippen LogP contribution is 2.09. The Hall–Kier alpha value is -4.47. The van der Waals surface area contributed by atoms with Crippen LogP contribution < -0.4 is 0 Å². The summed E-state index contributed by atoms with van der Waals surface area (Å²) in [5.74, 6) is -0.976. The number of aromatic nitrogens is 6. The van der Waals surface area contributed by atoms with E-state index in [0.29, 0.717) is 19.7 Å². The van der Waals surface area contributed by atoms with Gasteiger partial charge in [0, 0.05) is 0 Å². The largest absolute Gasteiger partial charge is 0.461 e. The zero-order valence-corrected chi connectivity index (χ0v) is 24.2. The van der Waals surface area contributed by atoms with Gasteiger partial charge in [-0.2, -0.15) is 8.42 Å². The third-order valence-electron chi connectivity index (χ3n) is 5.40. The van der Waals surface area contributed by atoms with Crippen LogP contribution in [0.4, 0.5) is 0 Å². The molecule has 4 aromatic rings. The lowest BCUT2D eigenvalue weighted by Gasteiger charge is -2.04. The molecule has 0 saturated heterocycles. The fraction of sp³-hybridized carbons (Fsp3) is 0.333. The van der Waals surface area contributed by atoms with Crippen LogP contribution in [0.15, 0.2) is 60.9 Å². The van der Waals surface area contributed by atoms with Gasteiger partial charge in [0.05, 0.1) is 58.2 Å². The smallest absolute Gasteiger partial charge is 0.360 e. The molecule has 1 N–H and O–H groups in total. The van der Waals surface area contributed by atoms with Gasteiger partial charge in [-0.3, -0.25) is 4.18 Å². The van der Waals surface area contributed by atoms with Crippen molar-refractivity contribution in [3.8, 4) is 0 Å². The first-order chi connectivity index (χ1) is 20.1. The maximum atomic E-state index is 11.5. The number of benzene rings is 2. The van der Waals surface area contributed by atoms with Gasteiger partial charge >= 0.3 is 11.9 Å². The third kappa shape index (κ3) is 10.5. The Bertz CT molecular complexity index is 1550. The van der Waals surface area contributed by atoms with E-state index in [1.807, 2.05) is 36.4 Å². The van der Waals surface area contributed by atoms with Crippen LogP contribution in [0.25, 0.3) is 0 Å². The number of ether oxygens (including phenoxy) is 2. The van der Waals surface area contributed by atoms with Crippen LogP contribution in [0, 0.1) is 0 Å². The summed E-state index contributed by atoms with van der Waals surface area (Å²) in [5, 5.41) is 24.2. The Kier molecular flexibility index (Phi) is 11.8. The lowest BCUT2D eigenvalue weighted by atomic mass is 10.1. The molecule has 224 valence electrons. The maximum absolute atomic E-state index is 11.5. The van der Waals surface area contributed by atoms with Crippen molar-refractivity contribution in [2.24, 2.45) is 0 Å². The molecule has 0 aliphatic heterocycles. The summed E-state index contributed by atoms with van der Waals surface area (Å²) >= 11 is 0. The van der Waals surface area contributed by atoms with E-state index < -0.39 is 22.1 Å². The molecular weight excluding hydrogens is 568 g/mol. The van der Waals surface area contributed by atoms with Crippen molar-refractivity contribution in [2.75, 3.05) is 19.5 Å². The number of nitrogens with zero attached hydrogens (tertiary/aromatic N) is 6. The number of esters is 2. The highest BCUT2D eigenvalue weighted by Gasteiger charge is 2.12. The molecule has 2 heterocycles. The van der Waals surface area contributed by atoms with Gasteiger partial charge in [0.15, 0.2) is 11.4 Å². The highest BCUT2D eigenvalue weighted by atomic mass is 32.2. The minimum atomic E-state index is -3.46. The monoisotopic (exact) mass is 600 g/mol. The number of hydrogen-bond donors (Lipinski definition) is 1. The van der Waals surface area contributed by atoms with Gasteiger partial charge in [0.2, 0.25) is 0 Å². The van der Waals surface area contributed by atoms with Crippen LogP contribution in [0.5, 0.6) is 0 Å². The topological polar surface area (TPSA) is 178 Å². The molecule has 0 saturated carbocycles. The normalized spacial score (nSPS) is 11.0. The summed E-state index contributed by atoms with van der Waals surface area (Å²) < 4.78 is 39.4. The second-order valence-corrected chi connectivity index (χ2v) is 10.4. The van der Waals surface area contributed by atoms with Crippen molar-refractivity contribution in [3.05, 3.63) is 94.6 Å². The SMILES string of the molecule is CCOC(=O)c1cn(Cc2ccc(CO)cc2)nn1.CCOC(=O)c1cn(Cc2ccc(COS(C)(=O)=O)cc2)nn1. The summed E-state index contributed by atoms with van der Waals surface area (Å²) in [7, 11) is -3.46. The van der Waals surface area contributed by atoms with Crippen molar-refractivity contribution in [3.63, 3.8) is 0 Å². The first-order valence-corrected chi connectivity index (χ1v) is 14.7. The minimum absolute atomic E-state index is 0.00452. The fourth-order valence-electron chi connectivity index (χ4n) is 3.39. The van der Waals surface area contributed by atoms with Crippen LogP contribution >= 0.6 is 0 Å². The van der Waals surface area contributed by atoms with Gasteiger partial charge in [-0.1, -0.05) is 59.0 Å². The summed E-state index contributed by atoms with van der Waals surface area (Å²) in [6.45, 7) is 5.02. The van der Waals surface area contributed by atoms with Crippen LogP contribution in [0.3, 0.4) is 0 Å². The summed E-state index contributed by atoms with van der Waals surface area (Å²) in [6.07, 6.45) is 4.07. The fourth-order valence-corrected chi connectivity index (χ4v) is 3.74. The Morgan fingerprint density at radius 1 is 0.738 bits per heavy atom. The van der Waals surface area contributed by atoms with Crippen molar-refractivity contribution in [1.29, 1.82) is 0 Å². The van der Waals surface area contributed by atoms with E-state index in [4.69, 9.17) is 18.8 Å². The standard InChI is InChI=1S/C14H17N3O5S.C13H15N3O3/c1-3-21-14(18)13-9-17(16-15-13)8-11-4-6-12(7-5-11)10-22-23(2,19)20;1-2-19-13(18)12-8-16(15-14-12)7-10-3-5-11(9-17)6-4-10/h4-7,9H,3,8,10H2,1-2H3;3-6,8,17H,2,7,9H2,1H3. The van der Waals surface area contributed by atoms with Gasteiger partial charge in [-0.15, -0.1) is 10.2 Å². The zero-order valence-electron chi connectivity index (χ0n) is 23.4. The molecule has 2 aromatic carbocycles. The molecule has 2 aromatic heterocycles. The molecule has 14 nitrogen and oxygen atoms in total. The molecule has 0 fully saturated rings. The molecule has 0 atom stereocenters. The first kappa shape index (κ1) is 32.0. The van der Waals surface area contributed by atoms with Crippen molar-refractivity contribution in [2.45, 2.75) is 40.2 Å². The van der Waals surface area contributed by atoms with Gasteiger partial charge in [0.1, 0.15) is 0 Å². The minimum Gasteiger partial charge on any atom is -0.461 e. The number of hydrogen-bond acceptors (Lipinski definition) is 12. The molecule has 0 radical (unpaired) electrons.